The molecule has 2 heterocycles. The van der Waals surface area contributed by atoms with E-state index in [4.69, 9.17) is 9.47 Å². The van der Waals surface area contributed by atoms with E-state index in [0.717, 1.165) is 5.56 Å². The van der Waals surface area contributed by atoms with Crippen molar-refractivity contribution < 1.29 is 22.6 Å². The zero-order valence-electron chi connectivity index (χ0n) is 17.4. The first kappa shape index (κ1) is 25.2. The summed E-state index contributed by atoms with van der Waals surface area (Å²) in [5.41, 5.74) is 1.58. The molecule has 172 valence electrons. The van der Waals surface area contributed by atoms with Gasteiger partial charge in [0.25, 0.3) is 0 Å². The Morgan fingerprint density at radius 3 is 2.81 bits per heavy atom. The predicted molar refractivity (Wildman–Crippen MR) is 122 cm³/mol. The van der Waals surface area contributed by atoms with E-state index in [0.29, 0.717) is 37.8 Å². The number of halogens is 4. The smallest absolute Gasteiger partial charge is 0.422 e. The monoisotopic (exact) mass is 553 g/mol. The van der Waals surface area contributed by atoms with E-state index in [-0.39, 0.29) is 42.4 Å². The molecule has 3 rings (SSSR count). The van der Waals surface area contributed by atoms with Gasteiger partial charge in [-0.15, -0.1) is 24.0 Å². The molecule has 31 heavy (non-hydrogen) atoms. The minimum atomic E-state index is -4.39. The second-order valence-electron chi connectivity index (χ2n) is 6.93. The highest BCUT2D eigenvalue weighted by atomic mass is 127. The molecule has 1 atom stereocenters. The van der Waals surface area contributed by atoms with Crippen LogP contribution in [0, 0.1) is 0 Å². The molecule has 0 radical (unpaired) electrons. The van der Waals surface area contributed by atoms with Crippen molar-refractivity contribution in [3.8, 4) is 5.75 Å². The lowest BCUT2D eigenvalue weighted by Crippen LogP contribution is -2.48. The summed E-state index contributed by atoms with van der Waals surface area (Å²) < 4.78 is 50.1. The van der Waals surface area contributed by atoms with Crippen molar-refractivity contribution in [3.05, 3.63) is 47.8 Å². The summed E-state index contributed by atoms with van der Waals surface area (Å²) >= 11 is 0. The topological polar surface area (TPSA) is 63.9 Å². The van der Waals surface area contributed by atoms with Crippen molar-refractivity contribution in [3.63, 3.8) is 0 Å². The van der Waals surface area contributed by atoms with Crippen LogP contribution < -0.4 is 10.1 Å². The van der Waals surface area contributed by atoms with Gasteiger partial charge in [0.05, 0.1) is 25.9 Å². The van der Waals surface area contributed by atoms with Crippen molar-refractivity contribution in [1.82, 2.24) is 20.0 Å². The number of rotatable bonds is 6. The summed E-state index contributed by atoms with van der Waals surface area (Å²) in [4.78, 5) is 6.73. The first-order valence-electron chi connectivity index (χ1n) is 9.76. The van der Waals surface area contributed by atoms with Crippen LogP contribution in [0.1, 0.15) is 24.2 Å². The van der Waals surface area contributed by atoms with Crippen molar-refractivity contribution in [2.24, 2.45) is 12.0 Å². The van der Waals surface area contributed by atoms with Gasteiger partial charge in [-0.2, -0.15) is 18.3 Å². The molecule has 1 aliphatic rings. The van der Waals surface area contributed by atoms with Gasteiger partial charge in [-0.1, -0.05) is 18.2 Å². The lowest BCUT2D eigenvalue weighted by atomic mass is 10.1. The summed E-state index contributed by atoms with van der Waals surface area (Å²) in [7, 11) is 1.86. The highest BCUT2D eigenvalue weighted by Crippen LogP contribution is 2.24. The maximum atomic E-state index is 12.5. The molecule has 11 heteroatoms. The van der Waals surface area contributed by atoms with E-state index in [1.54, 1.807) is 29.1 Å². The molecular weight excluding hydrogens is 526 g/mol. The third-order valence-electron chi connectivity index (χ3n) is 4.56. The number of morpholine rings is 1. The molecule has 0 bridgehead atoms. The molecule has 0 amide bonds. The molecule has 1 unspecified atom stereocenters. The number of hydrogen-bond acceptors (Lipinski definition) is 4. The lowest BCUT2D eigenvalue weighted by molar-refractivity contribution is -0.153. The van der Waals surface area contributed by atoms with E-state index in [2.05, 4.69) is 20.3 Å². The van der Waals surface area contributed by atoms with Gasteiger partial charge in [0.2, 0.25) is 0 Å². The number of guanidine groups is 1. The van der Waals surface area contributed by atoms with Crippen LogP contribution in [-0.4, -0.2) is 59.7 Å². The average Bonchev–Trinajstić information content (AvgIpc) is 3.16. The minimum absolute atomic E-state index is 0. The van der Waals surface area contributed by atoms with Crippen molar-refractivity contribution in [1.29, 1.82) is 0 Å². The number of alkyl halides is 3. The van der Waals surface area contributed by atoms with Crippen molar-refractivity contribution in [2.45, 2.75) is 25.7 Å². The lowest BCUT2D eigenvalue weighted by Gasteiger charge is -2.34. The Morgan fingerprint density at radius 2 is 2.13 bits per heavy atom. The third kappa shape index (κ3) is 7.56. The van der Waals surface area contributed by atoms with E-state index in [9.17, 15) is 13.2 Å². The number of nitrogens with zero attached hydrogens (tertiary/aromatic N) is 4. The molecule has 2 aromatic rings. The number of hydrogen-bond donors (Lipinski definition) is 1. The van der Waals surface area contributed by atoms with E-state index in [1.165, 1.54) is 6.07 Å². The average molecular weight is 553 g/mol. The Morgan fingerprint density at radius 1 is 1.35 bits per heavy atom. The fourth-order valence-corrected chi connectivity index (χ4v) is 3.17. The molecule has 1 fully saturated rings. The highest BCUT2D eigenvalue weighted by Gasteiger charge is 2.29. The third-order valence-corrected chi connectivity index (χ3v) is 4.56. The molecule has 1 N–H and O–H groups in total. The molecule has 1 aromatic carbocycles. The van der Waals surface area contributed by atoms with Crippen LogP contribution in [0.5, 0.6) is 5.75 Å². The minimum Gasteiger partial charge on any atom is -0.484 e. The van der Waals surface area contributed by atoms with E-state index < -0.39 is 12.8 Å². The predicted octanol–water partition coefficient (Wildman–Crippen LogP) is 3.52. The number of nitrogens with one attached hydrogen (secondary N) is 1. The van der Waals surface area contributed by atoms with Gasteiger partial charge in [0.1, 0.15) is 11.9 Å². The fourth-order valence-electron chi connectivity index (χ4n) is 3.17. The molecule has 0 aliphatic carbocycles. The van der Waals surface area contributed by atoms with Gasteiger partial charge in [0, 0.05) is 37.5 Å². The summed E-state index contributed by atoms with van der Waals surface area (Å²) in [6.45, 7) is 3.30. The van der Waals surface area contributed by atoms with Crippen molar-refractivity contribution >= 4 is 29.9 Å². The van der Waals surface area contributed by atoms with Gasteiger partial charge in [-0.3, -0.25) is 4.68 Å². The molecule has 7 nitrogen and oxygen atoms in total. The second kappa shape index (κ2) is 11.6. The molecule has 0 spiro atoms. The van der Waals surface area contributed by atoms with Crippen LogP contribution in [0.25, 0.3) is 0 Å². The highest BCUT2D eigenvalue weighted by molar-refractivity contribution is 14.0. The number of aliphatic imine (C=N–C) groups is 1. The van der Waals surface area contributed by atoms with E-state index >= 15 is 0 Å². The van der Waals surface area contributed by atoms with Crippen LogP contribution in [-0.2, 0) is 18.3 Å². The molecular formula is C20H27F3IN5O2. The SMILES string of the molecule is CCNC(=NCc1ccccc1OCC(F)(F)F)N1CCOC(c2cnn(C)c2)C1.I. The van der Waals surface area contributed by atoms with Crippen molar-refractivity contribution in [2.75, 3.05) is 32.8 Å². The first-order valence-corrected chi connectivity index (χ1v) is 9.76. The maximum Gasteiger partial charge on any atom is 0.422 e. The first-order chi connectivity index (χ1) is 14.4. The standard InChI is InChI=1S/C20H26F3N5O2.HI/c1-3-24-19(28-8-9-29-18(13-28)16-11-26-27(2)12-16)25-10-15-6-4-5-7-17(15)30-14-20(21,22)23;/h4-7,11-12,18H,3,8-10,13-14H2,1-2H3,(H,24,25);1H. The number of para-hydroxylation sites is 1. The Balaban J connectivity index is 0.00000341. The number of ether oxygens (including phenoxy) is 2. The van der Waals surface area contributed by atoms with Gasteiger partial charge >= 0.3 is 6.18 Å². The summed E-state index contributed by atoms with van der Waals surface area (Å²) in [5, 5.41) is 7.45. The second-order valence-corrected chi connectivity index (χ2v) is 6.93. The Hall–Kier alpha value is -2.02. The molecule has 1 aliphatic heterocycles. The van der Waals surface area contributed by atoms with E-state index in [1.807, 2.05) is 20.2 Å². The van der Waals surface area contributed by atoms with Gasteiger partial charge in [-0.05, 0) is 13.0 Å². The largest absolute Gasteiger partial charge is 0.484 e. The van der Waals surface area contributed by atoms with Crippen LogP contribution in [0.15, 0.2) is 41.7 Å². The zero-order chi connectivity index (χ0) is 21.6. The zero-order valence-corrected chi connectivity index (χ0v) is 19.8. The number of aromatic nitrogens is 2. The Bertz CT molecular complexity index is 859. The number of benzene rings is 1. The maximum absolute atomic E-state index is 12.5. The summed E-state index contributed by atoms with van der Waals surface area (Å²) in [6, 6.07) is 6.64. The molecule has 0 saturated carbocycles. The normalized spacial score (nSPS) is 17.3. The fraction of sp³-hybridized carbons (Fsp3) is 0.500. The Labute approximate surface area is 196 Å². The van der Waals surface area contributed by atoms with Crippen LogP contribution in [0.3, 0.4) is 0 Å². The Kier molecular flexibility index (Phi) is 9.41. The number of aryl methyl sites for hydroxylation is 1. The van der Waals surface area contributed by atoms with Gasteiger partial charge < -0.3 is 19.7 Å². The quantitative estimate of drug-likeness (QED) is 0.337. The van der Waals surface area contributed by atoms with Gasteiger partial charge in [0.15, 0.2) is 12.6 Å². The van der Waals surface area contributed by atoms with Gasteiger partial charge in [-0.25, -0.2) is 4.99 Å². The van der Waals surface area contributed by atoms with Crippen LogP contribution in [0.2, 0.25) is 0 Å². The molecule has 1 aromatic heterocycles. The van der Waals surface area contributed by atoms with Crippen LogP contribution >= 0.6 is 24.0 Å². The molecule has 1 saturated heterocycles. The van der Waals surface area contributed by atoms with Crippen LogP contribution in [0.4, 0.5) is 13.2 Å². The summed E-state index contributed by atoms with van der Waals surface area (Å²) in [5.74, 6) is 0.866. The summed E-state index contributed by atoms with van der Waals surface area (Å²) in [6.07, 6.45) is -0.807.